The zero-order chi connectivity index (χ0) is 23.3. The van der Waals surface area contributed by atoms with Crippen molar-refractivity contribution in [1.29, 1.82) is 0 Å². The molecular formula is C22H22ClN3O4S2. The van der Waals surface area contributed by atoms with Gasteiger partial charge in [0.2, 0.25) is 15.9 Å². The molecule has 1 aromatic heterocycles. The third-order valence-electron chi connectivity index (χ3n) is 4.55. The first kappa shape index (κ1) is 23.9. The van der Waals surface area contributed by atoms with Crippen LogP contribution in [-0.2, 0) is 21.4 Å². The smallest absolute Gasteiger partial charge is 0.244 e. The molecule has 0 unspecified atom stereocenters. The van der Waals surface area contributed by atoms with Crippen LogP contribution in [0.5, 0.6) is 5.75 Å². The molecule has 3 rings (SSSR count). The summed E-state index contributed by atoms with van der Waals surface area (Å²) < 4.78 is 31.7. The number of hydrogen-bond donors (Lipinski definition) is 2. The van der Waals surface area contributed by atoms with Gasteiger partial charge in [0.1, 0.15) is 15.7 Å². The number of carbonyl (C=O) groups is 1. The van der Waals surface area contributed by atoms with Crippen molar-refractivity contribution >= 4 is 44.9 Å². The highest BCUT2D eigenvalue weighted by Crippen LogP contribution is 2.28. The van der Waals surface area contributed by atoms with Crippen molar-refractivity contribution in [3.8, 4) is 17.0 Å². The van der Waals surface area contributed by atoms with Crippen LogP contribution in [0.2, 0.25) is 5.02 Å². The van der Waals surface area contributed by atoms with Gasteiger partial charge < -0.3 is 10.1 Å². The maximum absolute atomic E-state index is 12.3. The van der Waals surface area contributed by atoms with E-state index < -0.39 is 10.0 Å². The number of rotatable bonds is 8. The second-order valence-electron chi connectivity index (χ2n) is 6.69. The number of ether oxygens (including phenoxy) is 1. The molecule has 168 valence electrons. The van der Waals surface area contributed by atoms with Gasteiger partial charge in [-0.25, -0.2) is 18.1 Å². The number of amides is 1. The highest BCUT2D eigenvalue weighted by atomic mass is 35.5. The van der Waals surface area contributed by atoms with Crippen LogP contribution in [0.1, 0.15) is 15.4 Å². The number of carbonyl (C=O) groups excluding carboxylic acids is 1. The number of hydrogen-bond acceptors (Lipinski definition) is 6. The van der Waals surface area contributed by atoms with Crippen molar-refractivity contribution in [2.45, 2.75) is 18.4 Å². The number of aryl methyl sites for hydroxylation is 1. The second kappa shape index (κ2) is 10.3. The summed E-state index contributed by atoms with van der Waals surface area (Å²) in [6, 6.07) is 12.1. The third-order valence-corrected chi connectivity index (χ3v) is 7.20. The summed E-state index contributed by atoms with van der Waals surface area (Å²) in [5.41, 5.74) is 2.38. The van der Waals surface area contributed by atoms with E-state index in [-0.39, 0.29) is 23.1 Å². The molecule has 3 aromatic rings. The molecule has 2 N–H and O–H groups in total. The molecule has 32 heavy (non-hydrogen) atoms. The molecule has 0 atom stereocenters. The maximum Gasteiger partial charge on any atom is 0.244 e. The number of nitrogens with zero attached hydrogens (tertiary/aromatic N) is 1. The van der Waals surface area contributed by atoms with E-state index in [1.165, 1.54) is 43.7 Å². The summed E-state index contributed by atoms with van der Waals surface area (Å²) >= 11 is 7.46. The lowest BCUT2D eigenvalue weighted by Gasteiger charge is -2.09. The van der Waals surface area contributed by atoms with Crippen molar-refractivity contribution < 1.29 is 17.9 Å². The van der Waals surface area contributed by atoms with Crippen LogP contribution in [0.4, 0.5) is 0 Å². The van der Waals surface area contributed by atoms with E-state index in [0.717, 1.165) is 21.1 Å². The summed E-state index contributed by atoms with van der Waals surface area (Å²) in [4.78, 5) is 17.9. The molecule has 1 amide bonds. The Bertz CT molecular complexity index is 1250. The molecule has 0 saturated carbocycles. The normalized spacial score (nSPS) is 11.6. The van der Waals surface area contributed by atoms with E-state index in [2.05, 4.69) is 15.0 Å². The van der Waals surface area contributed by atoms with E-state index in [4.69, 9.17) is 16.3 Å². The average molecular weight is 492 g/mol. The lowest BCUT2D eigenvalue weighted by molar-refractivity contribution is -0.116. The van der Waals surface area contributed by atoms with Crippen molar-refractivity contribution in [3.05, 3.63) is 69.0 Å². The summed E-state index contributed by atoms with van der Waals surface area (Å²) in [6.07, 6.45) is 2.88. The van der Waals surface area contributed by atoms with Gasteiger partial charge >= 0.3 is 0 Å². The van der Waals surface area contributed by atoms with Gasteiger partial charge in [0, 0.05) is 21.5 Å². The van der Waals surface area contributed by atoms with Crippen LogP contribution in [0.25, 0.3) is 17.3 Å². The Kier molecular flexibility index (Phi) is 7.68. The Hall–Kier alpha value is -2.72. The van der Waals surface area contributed by atoms with Crippen molar-refractivity contribution in [2.24, 2.45) is 0 Å². The zero-order valence-corrected chi connectivity index (χ0v) is 20.1. The fourth-order valence-electron chi connectivity index (χ4n) is 2.91. The highest BCUT2D eigenvalue weighted by Gasteiger charge is 2.17. The number of halogens is 1. The summed E-state index contributed by atoms with van der Waals surface area (Å²) in [5.74, 6) is -0.101. The fourth-order valence-corrected chi connectivity index (χ4v) is 4.86. The van der Waals surface area contributed by atoms with Crippen LogP contribution < -0.4 is 14.8 Å². The monoisotopic (exact) mass is 491 g/mol. The standard InChI is InChI=1S/C22H22ClN3O4S2/c1-14-22(16-6-8-17(23)9-7-16)26-21(31-14)13-25-20(27)11-5-15-4-10-18(30-3)19(12-15)32(28,29)24-2/h4-12,24H,13H2,1-3H3,(H,25,27)/b11-5+. The predicted molar refractivity (Wildman–Crippen MR) is 127 cm³/mol. The minimum Gasteiger partial charge on any atom is -0.495 e. The second-order valence-corrected chi connectivity index (χ2v) is 10.3. The molecule has 10 heteroatoms. The van der Waals surface area contributed by atoms with Gasteiger partial charge in [0.05, 0.1) is 19.3 Å². The Morgan fingerprint density at radius 1 is 1.22 bits per heavy atom. The first-order chi connectivity index (χ1) is 15.2. The van der Waals surface area contributed by atoms with Gasteiger partial charge in [-0.3, -0.25) is 4.79 Å². The van der Waals surface area contributed by atoms with E-state index in [0.29, 0.717) is 10.6 Å². The minimum atomic E-state index is -3.70. The Balaban J connectivity index is 1.67. The van der Waals surface area contributed by atoms with Gasteiger partial charge in [-0.1, -0.05) is 29.8 Å². The predicted octanol–water partition coefficient (Wildman–Crippen LogP) is 4.02. The molecule has 0 bridgehead atoms. The summed E-state index contributed by atoms with van der Waals surface area (Å²) in [5, 5.41) is 4.23. The molecular weight excluding hydrogens is 470 g/mol. The molecule has 0 spiro atoms. The molecule has 0 aliphatic rings. The van der Waals surface area contributed by atoms with Crippen LogP contribution in [0, 0.1) is 6.92 Å². The van der Waals surface area contributed by atoms with Gasteiger partial charge in [0.25, 0.3) is 0 Å². The summed E-state index contributed by atoms with van der Waals surface area (Å²) in [7, 11) is -0.982. The number of thiazole rings is 1. The molecule has 1 heterocycles. The third kappa shape index (κ3) is 5.74. The van der Waals surface area contributed by atoms with Gasteiger partial charge in [-0.2, -0.15) is 0 Å². The highest BCUT2D eigenvalue weighted by molar-refractivity contribution is 7.89. The minimum absolute atomic E-state index is 0.00181. The first-order valence-electron chi connectivity index (χ1n) is 9.53. The fraction of sp³-hybridized carbons (Fsp3) is 0.182. The number of sulfonamides is 1. The topological polar surface area (TPSA) is 97.4 Å². The molecule has 2 aromatic carbocycles. The summed E-state index contributed by atoms with van der Waals surface area (Å²) in [6.45, 7) is 2.26. The van der Waals surface area contributed by atoms with Crippen molar-refractivity contribution in [1.82, 2.24) is 15.0 Å². The van der Waals surface area contributed by atoms with Crippen molar-refractivity contribution in [2.75, 3.05) is 14.2 Å². The SMILES string of the molecule is CNS(=O)(=O)c1cc(/C=C/C(=O)NCc2nc(-c3ccc(Cl)cc3)c(C)s2)ccc1OC. The average Bonchev–Trinajstić information content (AvgIpc) is 3.17. The number of nitrogens with one attached hydrogen (secondary N) is 2. The first-order valence-corrected chi connectivity index (χ1v) is 12.2. The van der Waals surface area contributed by atoms with Gasteiger partial charge in [0.15, 0.2) is 0 Å². The van der Waals surface area contributed by atoms with Gasteiger partial charge in [-0.05, 0) is 49.9 Å². The van der Waals surface area contributed by atoms with E-state index in [9.17, 15) is 13.2 Å². The van der Waals surface area contributed by atoms with E-state index in [1.807, 2.05) is 31.2 Å². The lowest BCUT2D eigenvalue weighted by atomic mass is 10.1. The zero-order valence-electron chi connectivity index (χ0n) is 17.7. The molecule has 0 fully saturated rings. The Morgan fingerprint density at radius 3 is 2.59 bits per heavy atom. The lowest BCUT2D eigenvalue weighted by Crippen LogP contribution is -2.20. The van der Waals surface area contributed by atoms with Crippen LogP contribution in [0.15, 0.2) is 53.4 Å². The maximum atomic E-state index is 12.3. The quantitative estimate of drug-likeness (QED) is 0.464. The van der Waals surface area contributed by atoms with E-state index >= 15 is 0 Å². The molecule has 0 saturated heterocycles. The molecule has 0 radical (unpaired) electrons. The van der Waals surface area contributed by atoms with E-state index in [1.54, 1.807) is 12.1 Å². The number of methoxy groups -OCH3 is 1. The molecule has 0 aliphatic heterocycles. The van der Waals surface area contributed by atoms with Gasteiger partial charge in [-0.15, -0.1) is 11.3 Å². The number of benzene rings is 2. The molecule has 7 nitrogen and oxygen atoms in total. The molecule has 0 aliphatic carbocycles. The van der Waals surface area contributed by atoms with Crippen LogP contribution in [-0.4, -0.2) is 33.5 Å². The Morgan fingerprint density at radius 2 is 1.94 bits per heavy atom. The Labute approximate surface area is 196 Å². The van der Waals surface area contributed by atoms with Crippen LogP contribution in [0.3, 0.4) is 0 Å². The van der Waals surface area contributed by atoms with Crippen molar-refractivity contribution in [3.63, 3.8) is 0 Å². The number of aromatic nitrogens is 1. The van der Waals surface area contributed by atoms with Crippen LogP contribution >= 0.6 is 22.9 Å². The largest absolute Gasteiger partial charge is 0.495 e.